The van der Waals surface area contributed by atoms with E-state index in [1.807, 2.05) is 20.8 Å². The molecule has 0 aromatic heterocycles. The molecule has 0 saturated heterocycles. The van der Waals surface area contributed by atoms with Crippen molar-refractivity contribution in [2.75, 3.05) is 6.61 Å². The molecule has 0 aromatic rings. The van der Waals surface area contributed by atoms with E-state index in [1.165, 1.54) is 0 Å². The smallest absolute Gasteiger partial charge is 0.309 e. The maximum Gasteiger partial charge on any atom is 0.309 e. The van der Waals surface area contributed by atoms with Crippen LogP contribution in [-0.2, 0) is 9.53 Å². The zero-order chi connectivity index (χ0) is 9.35. The molecule has 12 heavy (non-hydrogen) atoms. The molecule has 3 nitrogen and oxygen atoms in total. The Kier molecular flexibility index (Phi) is 2.42. The van der Waals surface area contributed by atoms with Gasteiger partial charge in [0.25, 0.3) is 0 Å². The molecule has 0 spiro atoms. The molecule has 1 rings (SSSR count). The van der Waals surface area contributed by atoms with Gasteiger partial charge in [-0.1, -0.05) is 13.8 Å². The van der Waals surface area contributed by atoms with Gasteiger partial charge >= 0.3 is 5.97 Å². The molecule has 0 amide bonds. The van der Waals surface area contributed by atoms with Crippen LogP contribution in [0.5, 0.6) is 0 Å². The molecule has 0 aliphatic heterocycles. The van der Waals surface area contributed by atoms with Crippen LogP contribution < -0.4 is 5.73 Å². The van der Waals surface area contributed by atoms with Gasteiger partial charge in [0, 0.05) is 6.04 Å². The number of hydrogen-bond acceptors (Lipinski definition) is 3. The van der Waals surface area contributed by atoms with Crippen molar-refractivity contribution in [3.05, 3.63) is 0 Å². The van der Waals surface area contributed by atoms with E-state index in [9.17, 15) is 4.79 Å². The van der Waals surface area contributed by atoms with Crippen molar-refractivity contribution in [3.8, 4) is 0 Å². The second-order valence-electron chi connectivity index (χ2n) is 3.97. The van der Waals surface area contributed by atoms with Gasteiger partial charge in [0.15, 0.2) is 0 Å². The normalized spacial score (nSPS) is 32.3. The Balaban J connectivity index is 2.51. The summed E-state index contributed by atoms with van der Waals surface area (Å²) in [7, 11) is 0. The van der Waals surface area contributed by atoms with E-state index >= 15 is 0 Å². The largest absolute Gasteiger partial charge is 0.466 e. The van der Waals surface area contributed by atoms with Crippen molar-refractivity contribution in [2.24, 2.45) is 17.1 Å². The monoisotopic (exact) mass is 171 g/mol. The van der Waals surface area contributed by atoms with Crippen LogP contribution in [0.1, 0.15) is 27.2 Å². The number of rotatable bonds is 2. The Hall–Kier alpha value is -0.570. The van der Waals surface area contributed by atoms with Gasteiger partial charge in [-0.15, -0.1) is 0 Å². The number of carbonyl (C=O) groups excluding carboxylic acids is 1. The number of esters is 1. The quantitative estimate of drug-likeness (QED) is 0.629. The molecule has 1 aliphatic rings. The Labute approximate surface area is 73.3 Å². The highest BCUT2D eigenvalue weighted by molar-refractivity contribution is 5.75. The zero-order valence-electron chi connectivity index (χ0n) is 7.96. The van der Waals surface area contributed by atoms with E-state index in [1.54, 1.807) is 0 Å². The van der Waals surface area contributed by atoms with E-state index < -0.39 is 0 Å². The van der Waals surface area contributed by atoms with E-state index in [0.29, 0.717) is 6.61 Å². The molecular formula is C9H17NO2. The summed E-state index contributed by atoms with van der Waals surface area (Å²) in [5.74, 6) is -0.0864. The van der Waals surface area contributed by atoms with Crippen molar-refractivity contribution in [1.82, 2.24) is 0 Å². The molecule has 0 unspecified atom stereocenters. The molecule has 1 saturated carbocycles. The van der Waals surface area contributed by atoms with Crippen molar-refractivity contribution in [3.63, 3.8) is 0 Å². The Morgan fingerprint density at radius 1 is 1.67 bits per heavy atom. The summed E-state index contributed by atoms with van der Waals surface area (Å²) in [5, 5.41) is 0. The second kappa shape index (κ2) is 3.05. The van der Waals surface area contributed by atoms with Crippen LogP contribution in [0.3, 0.4) is 0 Å². The fourth-order valence-electron chi connectivity index (χ4n) is 1.60. The van der Waals surface area contributed by atoms with Gasteiger partial charge in [0.05, 0.1) is 12.5 Å². The lowest BCUT2D eigenvalue weighted by molar-refractivity contribution is -0.160. The molecule has 1 aliphatic carbocycles. The molecule has 1 fully saturated rings. The lowest BCUT2D eigenvalue weighted by Gasteiger charge is -2.48. The van der Waals surface area contributed by atoms with Crippen LogP contribution in [-0.4, -0.2) is 18.6 Å². The van der Waals surface area contributed by atoms with Crippen LogP contribution >= 0.6 is 0 Å². The number of hydrogen-bond donors (Lipinski definition) is 1. The summed E-state index contributed by atoms with van der Waals surface area (Å²) in [5.41, 5.74) is 5.70. The van der Waals surface area contributed by atoms with E-state index in [4.69, 9.17) is 10.5 Å². The number of nitrogens with two attached hydrogens (primary N) is 1. The SMILES string of the molecule is CCOC(=O)[C@@H]1C[C@H](N)C1(C)C. The van der Waals surface area contributed by atoms with Gasteiger partial charge < -0.3 is 10.5 Å². The molecule has 0 radical (unpaired) electrons. The predicted molar refractivity (Wildman–Crippen MR) is 46.5 cm³/mol. The maximum absolute atomic E-state index is 11.3. The Morgan fingerprint density at radius 3 is 2.58 bits per heavy atom. The van der Waals surface area contributed by atoms with Gasteiger partial charge in [-0.2, -0.15) is 0 Å². The van der Waals surface area contributed by atoms with E-state index in [0.717, 1.165) is 6.42 Å². The molecule has 0 heterocycles. The third-order valence-corrected chi connectivity index (χ3v) is 2.91. The molecule has 2 atom stereocenters. The van der Waals surface area contributed by atoms with Crippen molar-refractivity contribution in [2.45, 2.75) is 33.2 Å². The third kappa shape index (κ3) is 1.33. The third-order valence-electron chi connectivity index (χ3n) is 2.91. The van der Waals surface area contributed by atoms with E-state index in [-0.39, 0.29) is 23.3 Å². The van der Waals surface area contributed by atoms with Crippen LogP contribution in [0, 0.1) is 11.3 Å². The highest BCUT2D eigenvalue weighted by atomic mass is 16.5. The van der Waals surface area contributed by atoms with Crippen molar-refractivity contribution in [1.29, 1.82) is 0 Å². The summed E-state index contributed by atoms with van der Waals surface area (Å²) in [6.07, 6.45) is 0.770. The second-order valence-corrected chi connectivity index (χ2v) is 3.97. The van der Waals surface area contributed by atoms with Gasteiger partial charge in [-0.05, 0) is 18.8 Å². The van der Waals surface area contributed by atoms with Gasteiger partial charge in [-0.3, -0.25) is 4.79 Å². The average Bonchev–Trinajstić information content (AvgIpc) is 2.00. The highest BCUT2D eigenvalue weighted by Gasteiger charge is 2.50. The summed E-state index contributed by atoms with van der Waals surface area (Å²) in [4.78, 5) is 11.3. The fourth-order valence-corrected chi connectivity index (χ4v) is 1.60. The van der Waals surface area contributed by atoms with Crippen LogP contribution in [0.2, 0.25) is 0 Å². The first kappa shape index (κ1) is 9.52. The van der Waals surface area contributed by atoms with Gasteiger partial charge in [0.2, 0.25) is 0 Å². The molecule has 0 aromatic carbocycles. The van der Waals surface area contributed by atoms with Crippen LogP contribution in [0.25, 0.3) is 0 Å². The van der Waals surface area contributed by atoms with E-state index in [2.05, 4.69) is 0 Å². The minimum absolute atomic E-state index is 0.00690. The summed E-state index contributed by atoms with van der Waals surface area (Å²) in [6, 6.07) is 0.145. The Morgan fingerprint density at radius 2 is 2.25 bits per heavy atom. The van der Waals surface area contributed by atoms with Crippen molar-refractivity contribution >= 4 is 5.97 Å². The lowest BCUT2D eigenvalue weighted by atomic mass is 9.59. The Bertz CT molecular complexity index is 189. The molecule has 0 bridgehead atoms. The zero-order valence-corrected chi connectivity index (χ0v) is 7.96. The van der Waals surface area contributed by atoms with Gasteiger partial charge in [-0.25, -0.2) is 0 Å². The summed E-state index contributed by atoms with van der Waals surface area (Å²) in [6.45, 7) is 6.32. The topological polar surface area (TPSA) is 52.3 Å². The van der Waals surface area contributed by atoms with Crippen molar-refractivity contribution < 1.29 is 9.53 Å². The predicted octanol–water partition coefficient (Wildman–Crippen LogP) is 0.923. The molecule has 2 N–H and O–H groups in total. The number of carbonyl (C=O) groups is 1. The average molecular weight is 171 g/mol. The first-order valence-corrected chi connectivity index (χ1v) is 4.42. The minimum atomic E-state index is -0.0933. The highest BCUT2D eigenvalue weighted by Crippen LogP contribution is 2.45. The molecule has 70 valence electrons. The standard InChI is InChI=1S/C9H17NO2/c1-4-12-8(11)6-5-7(10)9(6,2)3/h6-7H,4-5,10H2,1-3H3/t6-,7-/m0/s1. The van der Waals surface area contributed by atoms with Crippen LogP contribution in [0.15, 0.2) is 0 Å². The van der Waals surface area contributed by atoms with Crippen LogP contribution in [0.4, 0.5) is 0 Å². The fraction of sp³-hybridized carbons (Fsp3) is 0.889. The molecular weight excluding hydrogens is 154 g/mol. The maximum atomic E-state index is 11.3. The number of ether oxygens (including phenoxy) is 1. The molecule has 3 heteroatoms. The minimum Gasteiger partial charge on any atom is -0.466 e. The van der Waals surface area contributed by atoms with Gasteiger partial charge in [0.1, 0.15) is 0 Å². The lowest BCUT2D eigenvalue weighted by Crippen LogP contribution is -2.57. The summed E-state index contributed by atoms with van der Waals surface area (Å²) >= 11 is 0. The first-order chi connectivity index (χ1) is 5.50. The first-order valence-electron chi connectivity index (χ1n) is 4.42. The summed E-state index contributed by atoms with van der Waals surface area (Å²) < 4.78 is 4.94.